The Labute approximate surface area is 138 Å². The Kier molecular flexibility index (Phi) is 4.87. The van der Waals surface area contributed by atoms with E-state index in [1.807, 2.05) is 27.7 Å². The van der Waals surface area contributed by atoms with Crippen LogP contribution in [0.25, 0.3) is 5.69 Å². The maximum Gasteiger partial charge on any atom is 0.442 e. The highest BCUT2D eigenvalue weighted by Crippen LogP contribution is 2.33. The minimum Gasteiger partial charge on any atom is -0.492 e. The average Bonchev–Trinajstić information content (AvgIpc) is 2.80. The van der Waals surface area contributed by atoms with Crippen LogP contribution >= 0.6 is 23.2 Å². The average molecular weight is 345 g/mol. The molecule has 0 saturated carbocycles. The summed E-state index contributed by atoms with van der Waals surface area (Å²) in [5.41, 5.74) is -0.00776. The number of benzene rings is 1. The Balaban J connectivity index is 2.53. The normalized spacial score (nSPS) is 11.7. The van der Waals surface area contributed by atoms with Crippen molar-refractivity contribution >= 4 is 23.2 Å². The van der Waals surface area contributed by atoms with Gasteiger partial charge in [-0.05, 0) is 12.5 Å². The molecule has 0 unspecified atom stereocenters. The van der Waals surface area contributed by atoms with Crippen LogP contribution in [-0.4, -0.2) is 16.4 Å². The van der Waals surface area contributed by atoms with Gasteiger partial charge in [0, 0.05) is 11.5 Å². The molecule has 0 atom stereocenters. The van der Waals surface area contributed by atoms with Crippen LogP contribution < -0.4 is 10.5 Å². The van der Waals surface area contributed by atoms with Crippen molar-refractivity contribution < 1.29 is 9.15 Å². The van der Waals surface area contributed by atoms with Crippen molar-refractivity contribution in [2.24, 2.45) is 0 Å². The van der Waals surface area contributed by atoms with Crippen LogP contribution in [0.5, 0.6) is 5.75 Å². The first kappa shape index (κ1) is 16.9. The minimum absolute atomic E-state index is 0.296. The molecule has 0 bridgehead atoms. The number of halogens is 2. The second-order valence-electron chi connectivity index (χ2n) is 5.92. The van der Waals surface area contributed by atoms with Gasteiger partial charge in [0.15, 0.2) is 0 Å². The molecule has 5 nitrogen and oxygen atoms in total. The molecule has 0 amide bonds. The molecule has 22 heavy (non-hydrogen) atoms. The van der Waals surface area contributed by atoms with Gasteiger partial charge in [0.05, 0.1) is 22.3 Å². The van der Waals surface area contributed by atoms with Crippen LogP contribution in [0.3, 0.4) is 0 Å². The van der Waals surface area contributed by atoms with Crippen LogP contribution in [-0.2, 0) is 5.41 Å². The molecule has 0 aliphatic rings. The van der Waals surface area contributed by atoms with E-state index in [0.717, 1.165) is 11.1 Å². The van der Waals surface area contributed by atoms with Crippen molar-refractivity contribution in [3.8, 4) is 11.4 Å². The lowest BCUT2D eigenvalue weighted by atomic mass is 9.97. The van der Waals surface area contributed by atoms with Crippen molar-refractivity contribution in [3.63, 3.8) is 0 Å². The van der Waals surface area contributed by atoms with Gasteiger partial charge in [-0.15, -0.1) is 5.10 Å². The molecule has 0 aliphatic carbocycles. The summed E-state index contributed by atoms with van der Waals surface area (Å²) < 4.78 is 11.9. The third-order valence-corrected chi connectivity index (χ3v) is 3.48. The first-order chi connectivity index (χ1) is 10.2. The summed E-state index contributed by atoms with van der Waals surface area (Å²) >= 11 is 12.3. The molecular formula is C15H18Cl2N2O3. The van der Waals surface area contributed by atoms with E-state index in [-0.39, 0.29) is 5.41 Å². The van der Waals surface area contributed by atoms with E-state index in [2.05, 4.69) is 5.10 Å². The third kappa shape index (κ3) is 3.47. The summed E-state index contributed by atoms with van der Waals surface area (Å²) in [5.74, 6) is 0.185. The Morgan fingerprint density at radius 2 is 1.95 bits per heavy atom. The van der Waals surface area contributed by atoms with Crippen LogP contribution in [0.2, 0.25) is 10.0 Å². The Bertz CT molecular complexity index is 729. The van der Waals surface area contributed by atoms with Gasteiger partial charge in [-0.1, -0.05) is 50.9 Å². The van der Waals surface area contributed by atoms with Gasteiger partial charge >= 0.3 is 5.76 Å². The summed E-state index contributed by atoms with van der Waals surface area (Å²) in [5, 5.41) is 4.90. The van der Waals surface area contributed by atoms with Gasteiger partial charge in [-0.25, -0.2) is 4.79 Å². The highest BCUT2D eigenvalue weighted by molar-refractivity contribution is 6.36. The molecule has 0 spiro atoms. The number of hydrogen-bond donors (Lipinski definition) is 0. The topological polar surface area (TPSA) is 57.3 Å². The largest absolute Gasteiger partial charge is 0.492 e. The van der Waals surface area contributed by atoms with Gasteiger partial charge in [0.25, 0.3) is 0 Å². The quantitative estimate of drug-likeness (QED) is 0.833. The molecule has 0 radical (unpaired) electrons. The number of rotatable bonds is 4. The van der Waals surface area contributed by atoms with Crippen molar-refractivity contribution in [3.05, 3.63) is 38.6 Å². The lowest BCUT2D eigenvalue weighted by molar-refractivity contribution is 0.317. The highest BCUT2D eigenvalue weighted by atomic mass is 35.5. The second-order valence-corrected chi connectivity index (χ2v) is 6.73. The fourth-order valence-corrected chi connectivity index (χ4v) is 2.25. The minimum atomic E-state index is -0.601. The zero-order valence-electron chi connectivity index (χ0n) is 12.9. The van der Waals surface area contributed by atoms with E-state index in [0.29, 0.717) is 34.0 Å². The SMILES string of the molecule is CCCOc1cc(-n2nc(C(C)(C)C)oc2=O)c(Cl)cc1Cl. The Morgan fingerprint density at radius 1 is 1.27 bits per heavy atom. The lowest BCUT2D eigenvalue weighted by Gasteiger charge is -2.12. The smallest absolute Gasteiger partial charge is 0.442 e. The summed E-state index contributed by atoms with van der Waals surface area (Å²) in [6.45, 7) is 8.22. The number of nitrogens with zero attached hydrogens (tertiary/aromatic N) is 2. The number of aromatic nitrogens is 2. The van der Waals surface area contributed by atoms with Gasteiger partial charge in [-0.3, -0.25) is 0 Å². The molecule has 2 aromatic rings. The van der Waals surface area contributed by atoms with Crippen molar-refractivity contribution in [2.75, 3.05) is 6.61 Å². The maximum absolute atomic E-state index is 12.1. The molecule has 120 valence electrons. The summed E-state index contributed by atoms with van der Waals surface area (Å²) in [6.07, 6.45) is 0.840. The Morgan fingerprint density at radius 3 is 2.50 bits per heavy atom. The maximum atomic E-state index is 12.1. The molecule has 1 aromatic heterocycles. The predicted molar refractivity (Wildman–Crippen MR) is 86.6 cm³/mol. The van der Waals surface area contributed by atoms with Crippen molar-refractivity contribution in [1.29, 1.82) is 0 Å². The lowest BCUT2D eigenvalue weighted by Crippen LogP contribution is -2.15. The Hall–Kier alpha value is -1.46. The molecule has 1 heterocycles. The zero-order chi connectivity index (χ0) is 16.5. The predicted octanol–water partition coefficient (Wildman–Crippen LogP) is 4.22. The van der Waals surface area contributed by atoms with E-state index in [1.54, 1.807) is 6.07 Å². The summed E-state index contributed by atoms with van der Waals surface area (Å²) in [7, 11) is 0. The van der Waals surface area contributed by atoms with E-state index in [4.69, 9.17) is 32.4 Å². The van der Waals surface area contributed by atoms with Gasteiger partial charge in [0.2, 0.25) is 5.89 Å². The third-order valence-electron chi connectivity index (χ3n) is 2.88. The molecular weight excluding hydrogens is 327 g/mol. The van der Waals surface area contributed by atoms with Crippen molar-refractivity contribution in [1.82, 2.24) is 9.78 Å². The van der Waals surface area contributed by atoms with E-state index in [9.17, 15) is 4.79 Å². The van der Waals surface area contributed by atoms with Gasteiger partial charge < -0.3 is 9.15 Å². The monoisotopic (exact) mass is 344 g/mol. The fourth-order valence-electron chi connectivity index (χ4n) is 1.74. The molecule has 0 fully saturated rings. The molecule has 2 rings (SSSR count). The van der Waals surface area contributed by atoms with Gasteiger partial charge in [-0.2, -0.15) is 4.68 Å². The molecule has 0 N–H and O–H groups in total. The second kappa shape index (κ2) is 6.34. The van der Waals surface area contributed by atoms with Crippen LogP contribution in [0, 0.1) is 0 Å². The molecule has 0 saturated heterocycles. The fraction of sp³-hybridized carbons (Fsp3) is 0.467. The van der Waals surface area contributed by atoms with Crippen molar-refractivity contribution in [2.45, 2.75) is 39.5 Å². The summed E-state index contributed by atoms with van der Waals surface area (Å²) in [6, 6.07) is 3.12. The standard InChI is InChI=1S/C15H18Cl2N2O3/c1-5-6-21-12-8-11(9(16)7-10(12)17)19-14(20)22-13(18-19)15(2,3)4/h7-8H,5-6H2,1-4H3. The summed E-state index contributed by atoms with van der Waals surface area (Å²) in [4.78, 5) is 12.1. The number of ether oxygens (including phenoxy) is 1. The number of hydrogen-bond acceptors (Lipinski definition) is 4. The van der Waals surface area contributed by atoms with E-state index < -0.39 is 5.76 Å². The highest BCUT2D eigenvalue weighted by Gasteiger charge is 2.24. The first-order valence-electron chi connectivity index (χ1n) is 6.97. The molecule has 1 aromatic carbocycles. The van der Waals surface area contributed by atoms with Crippen LogP contribution in [0.15, 0.2) is 21.3 Å². The molecule has 7 heteroatoms. The first-order valence-corrected chi connectivity index (χ1v) is 7.72. The molecule has 0 aliphatic heterocycles. The van der Waals surface area contributed by atoms with E-state index >= 15 is 0 Å². The van der Waals surface area contributed by atoms with Crippen LogP contribution in [0.1, 0.15) is 40.0 Å². The van der Waals surface area contributed by atoms with Gasteiger partial charge in [0.1, 0.15) is 5.75 Å². The zero-order valence-corrected chi connectivity index (χ0v) is 14.5. The van der Waals surface area contributed by atoms with Crippen LogP contribution in [0.4, 0.5) is 0 Å². The van der Waals surface area contributed by atoms with E-state index in [1.165, 1.54) is 6.07 Å².